The molecule has 1 aromatic heterocycles. The number of aromatic amines is 1. The van der Waals surface area contributed by atoms with E-state index in [9.17, 15) is 20.1 Å². The monoisotopic (exact) mass is 601 g/mol. The van der Waals surface area contributed by atoms with Gasteiger partial charge in [0.15, 0.2) is 17.7 Å². The van der Waals surface area contributed by atoms with E-state index in [0.29, 0.717) is 24.7 Å². The van der Waals surface area contributed by atoms with Crippen molar-refractivity contribution in [1.82, 2.24) is 4.98 Å². The summed E-state index contributed by atoms with van der Waals surface area (Å²) in [5, 5.41) is 36.5. The lowest BCUT2D eigenvalue weighted by atomic mass is 9.42. The lowest BCUT2D eigenvalue weighted by molar-refractivity contribution is -0.286. The lowest BCUT2D eigenvalue weighted by Crippen LogP contribution is -2.71. The molecule has 2 saturated carbocycles. The fourth-order valence-electron chi connectivity index (χ4n) is 10.9. The van der Waals surface area contributed by atoms with Crippen LogP contribution in [-0.2, 0) is 32.5 Å². The molecule has 3 heterocycles. The van der Waals surface area contributed by atoms with E-state index in [0.717, 1.165) is 24.8 Å². The van der Waals surface area contributed by atoms with Crippen molar-refractivity contribution < 1.29 is 29.6 Å². The molecule has 4 aliphatic carbocycles. The van der Waals surface area contributed by atoms with E-state index >= 15 is 0 Å². The van der Waals surface area contributed by atoms with Crippen LogP contribution in [0.25, 0.3) is 16.5 Å². The maximum atomic E-state index is 13.3. The highest BCUT2D eigenvalue weighted by Crippen LogP contribution is 2.70. The van der Waals surface area contributed by atoms with Crippen molar-refractivity contribution in [3.8, 4) is 0 Å². The second-order valence-electron chi connectivity index (χ2n) is 16.9. The van der Waals surface area contributed by atoms with Crippen LogP contribution in [-0.4, -0.2) is 60.4 Å². The number of nitrogens with one attached hydrogen (secondary N) is 1. The number of aliphatic hydroxyl groups is 3. The highest BCUT2D eigenvalue weighted by Gasteiger charge is 2.72. The Balaban J connectivity index is 1.25. The number of ether oxygens (including phenoxy) is 2. The summed E-state index contributed by atoms with van der Waals surface area (Å²) in [6.07, 6.45) is 6.38. The first-order chi connectivity index (χ1) is 20.2. The van der Waals surface area contributed by atoms with E-state index in [2.05, 4.69) is 64.7 Å². The van der Waals surface area contributed by atoms with Gasteiger partial charge >= 0.3 is 0 Å². The van der Waals surface area contributed by atoms with Crippen LogP contribution < -0.4 is 0 Å². The Morgan fingerprint density at radius 3 is 2.43 bits per heavy atom. The summed E-state index contributed by atoms with van der Waals surface area (Å²) >= 11 is 0. The zero-order valence-corrected chi connectivity index (χ0v) is 27.4. The number of fused-ring (bicyclic) bond motifs is 12. The van der Waals surface area contributed by atoms with Gasteiger partial charge in [0.25, 0.3) is 0 Å². The van der Waals surface area contributed by atoms with E-state index in [-0.39, 0.29) is 23.2 Å². The van der Waals surface area contributed by atoms with Crippen LogP contribution in [0.15, 0.2) is 29.9 Å². The number of carbonyl (C=O) groups is 1. The third kappa shape index (κ3) is 3.38. The molecule has 7 nitrogen and oxygen atoms in total. The summed E-state index contributed by atoms with van der Waals surface area (Å²) in [7, 11) is 0. The molecule has 0 bridgehead atoms. The van der Waals surface area contributed by atoms with Crippen LogP contribution in [0.1, 0.15) is 103 Å². The molecular formula is C37H47NO6. The van der Waals surface area contributed by atoms with Gasteiger partial charge in [0.2, 0.25) is 0 Å². The summed E-state index contributed by atoms with van der Waals surface area (Å²) < 4.78 is 12.5. The summed E-state index contributed by atoms with van der Waals surface area (Å²) in [4.78, 5) is 17.2. The lowest BCUT2D eigenvalue weighted by Gasteiger charge is -2.66. The molecule has 0 radical (unpaired) electrons. The summed E-state index contributed by atoms with van der Waals surface area (Å²) in [5.41, 5.74) is 3.42. The molecule has 0 spiro atoms. The maximum Gasteiger partial charge on any atom is 0.192 e. The van der Waals surface area contributed by atoms with Crippen molar-refractivity contribution in [2.24, 2.45) is 17.3 Å². The standard InChI is InChI=1S/C37H47NO6/c1-31(2)18-24-21-16-26-22(13-19(21)14-25(24)33(5,6)44-31)23-15-20-9-10-36(41)28-17-27(39)30(32(3,4)40)43-37(28,42)12-11-34(36,7)35(20,8)29(23)38-26/h13,16-18,20,25,30,38,40-42H,9-12,14-15H2,1-8H3/t20-,25-,30-,34+,35+,36+,37-/m0/s1. The SMILES string of the molecule is CC1(C)C=C2c3cc4[nH]c5c(c4cc3C[C@@H]2C(C)(C)O1)C[C@@H]1CC[C@@]2(O)C3=CC(=O)[C@@H](C(C)(C)O)O[C@@]3(O)CC[C@]2(C)[C@@]51C. The van der Waals surface area contributed by atoms with Gasteiger partial charge in [0.05, 0.1) is 22.4 Å². The minimum Gasteiger partial charge on any atom is -0.387 e. The topological polar surface area (TPSA) is 112 Å². The van der Waals surface area contributed by atoms with Crippen LogP contribution in [0, 0.1) is 17.3 Å². The molecule has 0 amide bonds. The number of ketones is 1. The molecule has 0 unspecified atom stereocenters. The van der Waals surface area contributed by atoms with Gasteiger partial charge in [-0.3, -0.25) is 4.79 Å². The van der Waals surface area contributed by atoms with Crippen molar-refractivity contribution >= 4 is 22.3 Å². The van der Waals surface area contributed by atoms with Crippen LogP contribution in [0.4, 0.5) is 0 Å². The molecule has 4 N–H and O–H groups in total. The Morgan fingerprint density at radius 2 is 1.73 bits per heavy atom. The fraction of sp³-hybridized carbons (Fsp3) is 0.649. The highest BCUT2D eigenvalue weighted by atomic mass is 16.6. The second kappa shape index (κ2) is 8.16. The van der Waals surface area contributed by atoms with E-state index in [4.69, 9.17) is 9.47 Å². The van der Waals surface area contributed by atoms with Gasteiger partial charge in [-0.05, 0) is 126 Å². The molecule has 2 aromatic rings. The summed E-state index contributed by atoms with van der Waals surface area (Å²) in [6, 6.07) is 4.75. The zero-order valence-electron chi connectivity index (χ0n) is 27.4. The average Bonchev–Trinajstić information content (AvgIpc) is 3.53. The van der Waals surface area contributed by atoms with Crippen molar-refractivity contribution in [2.75, 3.05) is 0 Å². The van der Waals surface area contributed by atoms with Gasteiger partial charge < -0.3 is 29.8 Å². The number of H-pyrrole nitrogens is 1. The quantitative estimate of drug-likeness (QED) is 0.347. The van der Waals surface area contributed by atoms with Gasteiger partial charge in [-0.1, -0.05) is 13.8 Å². The van der Waals surface area contributed by atoms with Crippen LogP contribution >= 0.6 is 0 Å². The first-order valence-electron chi connectivity index (χ1n) is 16.5. The Morgan fingerprint density at radius 1 is 1.00 bits per heavy atom. The van der Waals surface area contributed by atoms with Crippen molar-refractivity contribution in [1.29, 1.82) is 0 Å². The third-order valence-electron chi connectivity index (χ3n) is 13.1. The minimum absolute atomic E-state index is 0.243. The molecule has 0 saturated heterocycles. The molecule has 236 valence electrons. The number of rotatable bonds is 1. The highest BCUT2D eigenvalue weighted by molar-refractivity contribution is 5.97. The second-order valence-corrected chi connectivity index (χ2v) is 16.9. The van der Waals surface area contributed by atoms with Crippen molar-refractivity contribution in [3.05, 3.63) is 52.2 Å². The largest absolute Gasteiger partial charge is 0.387 e. The van der Waals surface area contributed by atoms with E-state index < -0.39 is 39.7 Å². The summed E-state index contributed by atoms with van der Waals surface area (Å²) in [6.45, 7) is 16.2. The molecule has 1 aromatic carbocycles. The predicted octanol–water partition coefficient (Wildman–Crippen LogP) is 5.42. The number of benzene rings is 1. The number of hydrogen-bond donors (Lipinski definition) is 4. The fourth-order valence-corrected chi connectivity index (χ4v) is 10.9. The van der Waals surface area contributed by atoms with E-state index in [1.807, 2.05) is 0 Å². The zero-order chi connectivity index (χ0) is 31.6. The van der Waals surface area contributed by atoms with Crippen molar-refractivity contribution in [3.63, 3.8) is 0 Å². The smallest absolute Gasteiger partial charge is 0.192 e. The molecule has 7 heteroatoms. The average molecular weight is 602 g/mol. The predicted molar refractivity (Wildman–Crippen MR) is 168 cm³/mol. The molecule has 7 atom stereocenters. The number of hydrogen-bond acceptors (Lipinski definition) is 6. The number of aromatic nitrogens is 1. The van der Waals surface area contributed by atoms with Gasteiger partial charge in [0, 0.05) is 45.3 Å². The molecule has 6 aliphatic rings. The summed E-state index contributed by atoms with van der Waals surface area (Å²) in [5.74, 6) is -1.57. The Hall–Kier alpha value is -2.29. The van der Waals surface area contributed by atoms with Crippen LogP contribution in [0.2, 0.25) is 0 Å². The van der Waals surface area contributed by atoms with Gasteiger partial charge in [-0.15, -0.1) is 0 Å². The van der Waals surface area contributed by atoms with Crippen LogP contribution in [0.5, 0.6) is 0 Å². The third-order valence-corrected chi connectivity index (χ3v) is 13.1. The Bertz CT molecular complexity index is 1720. The molecule has 8 rings (SSSR count). The normalized spacial score (nSPS) is 41.6. The van der Waals surface area contributed by atoms with Crippen LogP contribution in [0.3, 0.4) is 0 Å². The number of carbonyl (C=O) groups excluding carboxylic acids is 1. The first-order valence-corrected chi connectivity index (χ1v) is 16.5. The minimum atomic E-state index is -1.80. The van der Waals surface area contributed by atoms with Gasteiger partial charge in [-0.2, -0.15) is 0 Å². The Labute approximate surface area is 259 Å². The molecule has 2 fully saturated rings. The van der Waals surface area contributed by atoms with Crippen molar-refractivity contribution in [2.45, 2.75) is 134 Å². The first kappa shape index (κ1) is 29.1. The molecule has 44 heavy (non-hydrogen) atoms. The maximum absolute atomic E-state index is 13.3. The van der Waals surface area contributed by atoms with Gasteiger partial charge in [0.1, 0.15) is 0 Å². The van der Waals surface area contributed by atoms with E-state index in [1.165, 1.54) is 53.3 Å². The van der Waals surface area contributed by atoms with E-state index in [1.54, 1.807) is 0 Å². The molecular weight excluding hydrogens is 554 g/mol. The Kier molecular flexibility index (Phi) is 5.40. The van der Waals surface area contributed by atoms with Gasteiger partial charge in [-0.25, -0.2) is 0 Å². The molecule has 2 aliphatic heterocycles.